The van der Waals surface area contributed by atoms with Gasteiger partial charge in [-0.1, -0.05) is 24.3 Å². The quantitative estimate of drug-likeness (QED) is 0.315. The standard InChI is InChI=1S/C24H22N2O2S/c1-3-26-19-9-5-4-7-16(19)18-13-15(11-12-20(18)26)14-25-23-22(24(27)28-2)17-8-6-10-21(17)29-23/h4-5,7,9,11-14H,3,6,8,10H2,1-2H3. The molecule has 2 aromatic carbocycles. The minimum atomic E-state index is -0.280. The SMILES string of the molecule is CCn1c2ccccc2c2cc(C=Nc3sc4c(c3C(=O)OC)CCC4)ccc21. The van der Waals surface area contributed by atoms with Crippen molar-refractivity contribution in [2.24, 2.45) is 4.99 Å². The highest BCUT2D eigenvalue weighted by molar-refractivity contribution is 7.16. The second kappa shape index (κ2) is 7.16. The van der Waals surface area contributed by atoms with Crippen LogP contribution >= 0.6 is 11.3 Å². The molecule has 0 saturated heterocycles. The summed E-state index contributed by atoms with van der Waals surface area (Å²) in [4.78, 5) is 18.3. The topological polar surface area (TPSA) is 43.6 Å². The van der Waals surface area contributed by atoms with E-state index in [9.17, 15) is 4.79 Å². The summed E-state index contributed by atoms with van der Waals surface area (Å²) in [5.41, 5.74) is 5.30. The Labute approximate surface area is 173 Å². The molecule has 5 rings (SSSR count). The minimum absolute atomic E-state index is 0.280. The zero-order valence-corrected chi connectivity index (χ0v) is 17.4. The molecular formula is C24H22N2O2S. The lowest BCUT2D eigenvalue weighted by atomic mass is 10.1. The number of hydrogen-bond donors (Lipinski definition) is 0. The van der Waals surface area contributed by atoms with Crippen molar-refractivity contribution in [3.8, 4) is 0 Å². The van der Waals surface area contributed by atoms with E-state index in [4.69, 9.17) is 9.73 Å². The second-order valence-electron chi connectivity index (χ2n) is 7.33. The van der Waals surface area contributed by atoms with Crippen molar-refractivity contribution in [1.82, 2.24) is 4.57 Å². The maximum Gasteiger partial charge on any atom is 0.341 e. The number of carbonyl (C=O) groups excluding carboxylic acids is 1. The van der Waals surface area contributed by atoms with Crippen LogP contribution in [0.2, 0.25) is 0 Å². The lowest BCUT2D eigenvalue weighted by Crippen LogP contribution is -2.03. The van der Waals surface area contributed by atoms with Crippen molar-refractivity contribution in [2.75, 3.05) is 7.11 Å². The largest absolute Gasteiger partial charge is 0.465 e. The molecule has 0 bridgehead atoms. The lowest BCUT2D eigenvalue weighted by molar-refractivity contribution is 0.0601. The van der Waals surface area contributed by atoms with Gasteiger partial charge in [0.15, 0.2) is 0 Å². The molecule has 1 aliphatic carbocycles. The Morgan fingerprint density at radius 2 is 2.00 bits per heavy atom. The number of ether oxygens (including phenoxy) is 1. The third-order valence-electron chi connectivity index (χ3n) is 5.74. The molecule has 1 aliphatic rings. The summed E-state index contributed by atoms with van der Waals surface area (Å²) in [7, 11) is 1.44. The van der Waals surface area contributed by atoms with Crippen LogP contribution in [-0.2, 0) is 24.1 Å². The molecule has 4 nitrogen and oxygen atoms in total. The number of thiophene rings is 1. The molecule has 0 radical (unpaired) electrons. The van der Waals surface area contributed by atoms with Gasteiger partial charge in [0.25, 0.3) is 0 Å². The van der Waals surface area contributed by atoms with Crippen LogP contribution in [0.3, 0.4) is 0 Å². The molecule has 0 unspecified atom stereocenters. The molecule has 29 heavy (non-hydrogen) atoms. The highest BCUT2D eigenvalue weighted by Crippen LogP contribution is 2.41. The number of carbonyl (C=O) groups is 1. The second-order valence-corrected chi connectivity index (χ2v) is 8.41. The molecule has 146 valence electrons. The number of fused-ring (bicyclic) bond motifs is 4. The summed E-state index contributed by atoms with van der Waals surface area (Å²) >= 11 is 1.62. The van der Waals surface area contributed by atoms with E-state index in [-0.39, 0.29) is 5.97 Å². The summed E-state index contributed by atoms with van der Waals surface area (Å²) in [6.07, 6.45) is 4.94. The van der Waals surface area contributed by atoms with E-state index >= 15 is 0 Å². The third-order valence-corrected chi connectivity index (χ3v) is 6.94. The maximum absolute atomic E-state index is 12.3. The number of benzene rings is 2. The molecule has 0 saturated carbocycles. The van der Waals surface area contributed by atoms with E-state index in [2.05, 4.69) is 54.0 Å². The minimum Gasteiger partial charge on any atom is -0.465 e. The first-order valence-corrected chi connectivity index (χ1v) is 10.8. The number of hydrogen-bond acceptors (Lipinski definition) is 4. The van der Waals surface area contributed by atoms with Crippen LogP contribution in [0.15, 0.2) is 47.5 Å². The Hall–Kier alpha value is -2.92. The van der Waals surface area contributed by atoms with E-state index in [0.717, 1.165) is 41.9 Å². The van der Waals surface area contributed by atoms with Crippen molar-refractivity contribution < 1.29 is 9.53 Å². The van der Waals surface area contributed by atoms with E-state index in [1.807, 2.05) is 6.21 Å². The first-order valence-electron chi connectivity index (χ1n) is 9.99. The van der Waals surface area contributed by atoms with Gasteiger partial charge < -0.3 is 9.30 Å². The third kappa shape index (κ3) is 2.88. The number of para-hydroxylation sites is 1. The number of aliphatic imine (C=N–C) groups is 1. The summed E-state index contributed by atoms with van der Waals surface area (Å²) in [6, 6.07) is 14.9. The van der Waals surface area contributed by atoms with Gasteiger partial charge in [-0.05, 0) is 55.5 Å². The molecule has 0 amide bonds. The fourth-order valence-corrected chi connectivity index (χ4v) is 5.64. The van der Waals surface area contributed by atoms with Crippen LogP contribution in [0.5, 0.6) is 0 Å². The smallest absolute Gasteiger partial charge is 0.341 e. The molecule has 0 atom stereocenters. The molecule has 2 aromatic heterocycles. The molecule has 0 spiro atoms. The van der Waals surface area contributed by atoms with Crippen LogP contribution in [-0.4, -0.2) is 23.9 Å². The number of esters is 1. The molecular weight excluding hydrogens is 380 g/mol. The van der Waals surface area contributed by atoms with Crippen molar-refractivity contribution in [1.29, 1.82) is 0 Å². The summed E-state index contributed by atoms with van der Waals surface area (Å²) in [6.45, 7) is 3.10. The van der Waals surface area contributed by atoms with Crippen molar-refractivity contribution >= 4 is 50.3 Å². The first-order chi connectivity index (χ1) is 14.2. The highest BCUT2D eigenvalue weighted by atomic mass is 32.1. The Morgan fingerprint density at radius 3 is 2.83 bits per heavy atom. The van der Waals surface area contributed by atoms with Crippen LogP contribution in [0.1, 0.15) is 39.7 Å². The predicted molar refractivity (Wildman–Crippen MR) is 120 cm³/mol. The number of nitrogens with zero attached hydrogens (tertiary/aromatic N) is 2. The first kappa shape index (κ1) is 18.1. The maximum atomic E-state index is 12.3. The van der Waals surface area contributed by atoms with E-state index in [1.54, 1.807) is 11.3 Å². The number of rotatable bonds is 4. The van der Waals surface area contributed by atoms with Gasteiger partial charge in [0.2, 0.25) is 0 Å². The van der Waals surface area contributed by atoms with Crippen LogP contribution < -0.4 is 0 Å². The van der Waals surface area contributed by atoms with Gasteiger partial charge in [-0.3, -0.25) is 0 Å². The molecule has 2 heterocycles. The molecule has 0 N–H and O–H groups in total. The van der Waals surface area contributed by atoms with Gasteiger partial charge in [-0.25, -0.2) is 9.79 Å². The van der Waals surface area contributed by atoms with Crippen molar-refractivity contribution in [2.45, 2.75) is 32.7 Å². The summed E-state index contributed by atoms with van der Waals surface area (Å²) < 4.78 is 7.36. The van der Waals surface area contributed by atoms with Gasteiger partial charge in [-0.15, -0.1) is 11.3 Å². The molecule has 0 fully saturated rings. The number of aryl methyl sites for hydroxylation is 2. The Morgan fingerprint density at radius 1 is 1.17 bits per heavy atom. The number of methoxy groups -OCH3 is 1. The van der Waals surface area contributed by atoms with Gasteiger partial charge in [-0.2, -0.15) is 0 Å². The molecule has 5 heteroatoms. The zero-order valence-electron chi connectivity index (χ0n) is 16.6. The normalized spacial score (nSPS) is 13.6. The monoisotopic (exact) mass is 402 g/mol. The summed E-state index contributed by atoms with van der Waals surface area (Å²) in [5, 5.41) is 3.25. The van der Waals surface area contributed by atoms with Gasteiger partial charge in [0, 0.05) is 39.4 Å². The van der Waals surface area contributed by atoms with E-state index in [1.165, 1.54) is 33.8 Å². The van der Waals surface area contributed by atoms with E-state index in [0.29, 0.717) is 5.56 Å². The zero-order chi connectivity index (χ0) is 20.0. The average molecular weight is 403 g/mol. The Kier molecular flexibility index (Phi) is 4.47. The van der Waals surface area contributed by atoms with Gasteiger partial charge in [0.05, 0.1) is 12.7 Å². The average Bonchev–Trinajstić information content (AvgIpc) is 3.42. The van der Waals surface area contributed by atoms with Gasteiger partial charge >= 0.3 is 5.97 Å². The molecule has 4 aromatic rings. The van der Waals surface area contributed by atoms with Gasteiger partial charge in [0.1, 0.15) is 5.00 Å². The fraction of sp³-hybridized carbons (Fsp3) is 0.250. The van der Waals surface area contributed by atoms with Crippen LogP contribution in [0.4, 0.5) is 5.00 Å². The predicted octanol–water partition coefficient (Wildman–Crippen LogP) is 5.90. The van der Waals surface area contributed by atoms with Crippen molar-refractivity contribution in [3.63, 3.8) is 0 Å². The van der Waals surface area contributed by atoms with E-state index < -0.39 is 0 Å². The Bertz CT molecular complexity index is 1280. The summed E-state index contributed by atoms with van der Waals surface area (Å²) in [5.74, 6) is -0.280. The Balaban J connectivity index is 1.59. The van der Waals surface area contributed by atoms with Crippen molar-refractivity contribution in [3.05, 3.63) is 64.0 Å². The lowest BCUT2D eigenvalue weighted by Gasteiger charge is -2.03. The fourth-order valence-electron chi connectivity index (χ4n) is 4.42. The number of aromatic nitrogens is 1. The highest BCUT2D eigenvalue weighted by Gasteiger charge is 2.26. The molecule has 0 aliphatic heterocycles. The van der Waals surface area contributed by atoms with Crippen LogP contribution in [0, 0.1) is 0 Å². The van der Waals surface area contributed by atoms with Crippen LogP contribution in [0.25, 0.3) is 21.8 Å².